The zero-order chi connectivity index (χ0) is 12.7. The largest absolute Gasteiger partial charge is 0.315 e. The summed E-state index contributed by atoms with van der Waals surface area (Å²) in [6.07, 6.45) is 2.54. The molecule has 0 saturated heterocycles. The number of anilines is 1. The summed E-state index contributed by atoms with van der Waals surface area (Å²) >= 11 is 0. The normalized spacial score (nSPS) is 13.3. The molecule has 0 amide bonds. The van der Waals surface area contributed by atoms with Gasteiger partial charge in [0.25, 0.3) is 0 Å². The van der Waals surface area contributed by atoms with E-state index < -0.39 is 15.3 Å². The molecular formula is C11H19N3O2S. The summed E-state index contributed by atoms with van der Waals surface area (Å²) in [6, 6.07) is 5.11. The predicted molar refractivity (Wildman–Crippen MR) is 69.4 cm³/mol. The van der Waals surface area contributed by atoms with Gasteiger partial charge in [-0.15, -0.1) is 0 Å². The summed E-state index contributed by atoms with van der Waals surface area (Å²) in [7, 11) is -3.37. The lowest BCUT2D eigenvalue weighted by Crippen LogP contribution is -2.35. The fraction of sp³-hybridized carbons (Fsp3) is 0.545. The maximum atomic E-state index is 11.9. The van der Waals surface area contributed by atoms with Crippen LogP contribution in [0.2, 0.25) is 0 Å². The topological polar surface area (TPSA) is 71.1 Å². The van der Waals surface area contributed by atoms with Crippen LogP contribution in [0.5, 0.6) is 0 Å². The number of pyridine rings is 1. The average molecular weight is 257 g/mol. The van der Waals surface area contributed by atoms with E-state index in [9.17, 15) is 8.42 Å². The molecule has 0 aliphatic carbocycles. The number of hydrogen-bond acceptors (Lipinski definition) is 4. The lowest BCUT2D eigenvalue weighted by molar-refractivity contribution is 0.575. The Hall–Kier alpha value is -1.14. The Balaban J connectivity index is 2.56. The third-order valence-electron chi connectivity index (χ3n) is 2.30. The molecule has 1 unspecified atom stereocenters. The molecule has 1 aromatic heterocycles. The maximum Gasteiger partial charge on any atom is 0.237 e. The van der Waals surface area contributed by atoms with Gasteiger partial charge in [-0.3, -0.25) is 4.72 Å². The van der Waals surface area contributed by atoms with E-state index in [1.807, 2.05) is 6.92 Å². The van der Waals surface area contributed by atoms with Crippen molar-refractivity contribution in [1.29, 1.82) is 0 Å². The van der Waals surface area contributed by atoms with E-state index >= 15 is 0 Å². The van der Waals surface area contributed by atoms with Crippen molar-refractivity contribution in [3.8, 4) is 0 Å². The second-order valence-electron chi connectivity index (χ2n) is 3.88. The standard InChI is InChI=1S/C11H19N3O2S/c1-3-7-12-9-10(2)17(15,16)14-11-6-4-5-8-13-11/h4-6,8,10,12H,3,7,9H2,1-2H3,(H,13,14). The quantitative estimate of drug-likeness (QED) is 0.720. The molecule has 0 aliphatic heterocycles. The molecule has 96 valence electrons. The first-order valence-corrected chi connectivity index (χ1v) is 7.24. The van der Waals surface area contributed by atoms with E-state index in [0.717, 1.165) is 13.0 Å². The summed E-state index contributed by atoms with van der Waals surface area (Å²) in [5.74, 6) is 0.356. The predicted octanol–water partition coefficient (Wildman–Crippen LogP) is 1.21. The molecule has 2 N–H and O–H groups in total. The SMILES string of the molecule is CCCNCC(C)S(=O)(=O)Nc1ccccn1. The Kier molecular flexibility index (Phi) is 5.37. The van der Waals surface area contributed by atoms with Crippen molar-refractivity contribution in [1.82, 2.24) is 10.3 Å². The van der Waals surface area contributed by atoms with Crippen LogP contribution >= 0.6 is 0 Å². The summed E-state index contributed by atoms with van der Waals surface area (Å²) in [5.41, 5.74) is 0. The summed E-state index contributed by atoms with van der Waals surface area (Å²) in [4.78, 5) is 3.93. The van der Waals surface area contributed by atoms with Crippen LogP contribution in [0.25, 0.3) is 0 Å². The van der Waals surface area contributed by atoms with Crippen molar-refractivity contribution in [3.63, 3.8) is 0 Å². The highest BCUT2D eigenvalue weighted by Gasteiger charge is 2.20. The van der Waals surface area contributed by atoms with E-state index in [0.29, 0.717) is 12.4 Å². The van der Waals surface area contributed by atoms with Gasteiger partial charge in [-0.2, -0.15) is 0 Å². The van der Waals surface area contributed by atoms with Gasteiger partial charge >= 0.3 is 0 Å². The summed E-state index contributed by atoms with van der Waals surface area (Å²) in [5, 5.41) is 2.60. The lowest BCUT2D eigenvalue weighted by atomic mass is 10.4. The number of nitrogens with one attached hydrogen (secondary N) is 2. The van der Waals surface area contributed by atoms with E-state index in [1.165, 1.54) is 0 Å². The van der Waals surface area contributed by atoms with Crippen LogP contribution in [-0.4, -0.2) is 31.7 Å². The summed E-state index contributed by atoms with van der Waals surface area (Å²) < 4.78 is 26.3. The van der Waals surface area contributed by atoms with Gasteiger partial charge in [-0.25, -0.2) is 13.4 Å². The fourth-order valence-electron chi connectivity index (χ4n) is 1.26. The van der Waals surface area contributed by atoms with Crippen LogP contribution in [0.1, 0.15) is 20.3 Å². The van der Waals surface area contributed by atoms with Gasteiger partial charge in [0.2, 0.25) is 10.0 Å². The number of rotatable bonds is 7. The van der Waals surface area contributed by atoms with Crippen molar-refractivity contribution in [3.05, 3.63) is 24.4 Å². The number of sulfonamides is 1. The van der Waals surface area contributed by atoms with Crippen molar-refractivity contribution >= 4 is 15.8 Å². The Labute approximate surface area is 103 Å². The molecule has 0 saturated carbocycles. The average Bonchev–Trinajstić information content (AvgIpc) is 2.30. The molecule has 1 heterocycles. The van der Waals surface area contributed by atoms with Gasteiger partial charge in [0, 0.05) is 12.7 Å². The van der Waals surface area contributed by atoms with Crippen LogP contribution in [0.4, 0.5) is 5.82 Å². The number of aromatic nitrogens is 1. The monoisotopic (exact) mass is 257 g/mol. The van der Waals surface area contributed by atoms with Gasteiger partial charge in [-0.1, -0.05) is 13.0 Å². The van der Waals surface area contributed by atoms with Crippen LogP contribution in [0.3, 0.4) is 0 Å². The zero-order valence-electron chi connectivity index (χ0n) is 10.2. The molecule has 0 aliphatic rings. The third kappa shape index (κ3) is 4.70. The molecule has 6 heteroatoms. The van der Waals surface area contributed by atoms with Crippen molar-refractivity contribution in [2.45, 2.75) is 25.5 Å². The van der Waals surface area contributed by atoms with E-state index in [1.54, 1.807) is 31.3 Å². The maximum absolute atomic E-state index is 11.9. The first-order chi connectivity index (χ1) is 8.06. The van der Waals surface area contributed by atoms with Crippen LogP contribution in [-0.2, 0) is 10.0 Å². The van der Waals surface area contributed by atoms with Crippen molar-refractivity contribution in [2.75, 3.05) is 17.8 Å². The second-order valence-corrected chi connectivity index (χ2v) is 5.98. The molecule has 0 aromatic carbocycles. The molecule has 5 nitrogen and oxygen atoms in total. The Morgan fingerprint density at radius 2 is 2.18 bits per heavy atom. The Morgan fingerprint density at radius 1 is 1.41 bits per heavy atom. The highest BCUT2D eigenvalue weighted by Crippen LogP contribution is 2.07. The van der Waals surface area contributed by atoms with Crippen LogP contribution in [0, 0.1) is 0 Å². The second kappa shape index (κ2) is 6.56. The zero-order valence-corrected chi connectivity index (χ0v) is 11.0. The molecule has 17 heavy (non-hydrogen) atoms. The minimum absolute atomic E-state index is 0.356. The highest BCUT2D eigenvalue weighted by atomic mass is 32.2. The molecule has 0 spiro atoms. The minimum Gasteiger partial charge on any atom is -0.315 e. The van der Waals surface area contributed by atoms with Gasteiger partial charge in [0.1, 0.15) is 5.82 Å². The molecule has 1 rings (SSSR count). The van der Waals surface area contributed by atoms with Crippen molar-refractivity contribution in [2.24, 2.45) is 0 Å². The van der Waals surface area contributed by atoms with Gasteiger partial charge < -0.3 is 5.32 Å². The van der Waals surface area contributed by atoms with Crippen LogP contribution in [0.15, 0.2) is 24.4 Å². The Bertz CT molecular complexity index is 420. The van der Waals surface area contributed by atoms with Gasteiger partial charge in [-0.05, 0) is 32.0 Å². The van der Waals surface area contributed by atoms with Crippen LogP contribution < -0.4 is 10.0 Å². The lowest BCUT2D eigenvalue weighted by Gasteiger charge is -2.14. The Morgan fingerprint density at radius 3 is 2.76 bits per heavy atom. The molecular weight excluding hydrogens is 238 g/mol. The smallest absolute Gasteiger partial charge is 0.237 e. The van der Waals surface area contributed by atoms with Crippen molar-refractivity contribution < 1.29 is 8.42 Å². The first kappa shape index (κ1) is 13.9. The van der Waals surface area contributed by atoms with E-state index in [2.05, 4.69) is 15.0 Å². The molecule has 1 atom stereocenters. The number of hydrogen-bond donors (Lipinski definition) is 2. The van der Waals surface area contributed by atoms with Gasteiger partial charge in [0.05, 0.1) is 5.25 Å². The fourth-order valence-corrected chi connectivity index (χ4v) is 2.21. The molecule has 0 bridgehead atoms. The van der Waals surface area contributed by atoms with E-state index in [-0.39, 0.29) is 0 Å². The molecule has 0 radical (unpaired) electrons. The molecule has 0 fully saturated rings. The minimum atomic E-state index is -3.37. The summed E-state index contributed by atoms with van der Waals surface area (Å²) in [6.45, 7) is 4.98. The highest BCUT2D eigenvalue weighted by molar-refractivity contribution is 7.93. The van der Waals surface area contributed by atoms with E-state index in [4.69, 9.17) is 0 Å². The van der Waals surface area contributed by atoms with Gasteiger partial charge in [0.15, 0.2) is 0 Å². The molecule has 1 aromatic rings. The third-order valence-corrected chi connectivity index (χ3v) is 4.02. The first-order valence-electron chi connectivity index (χ1n) is 5.69. The number of nitrogens with zero attached hydrogens (tertiary/aromatic N) is 1.